The molecule has 0 aliphatic heterocycles. The highest BCUT2D eigenvalue weighted by Crippen LogP contribution is 2.37. The number of H-pyrrole nitrogens is 1. The molecule has 9 nitrogen and oxygen atoms in total. The first-order chi connectivity index (χ1) is 14.5. The monoisotopic (exact) mass is 446 g/mol. The molecule has 0 radical (unpaired) electrons. The van der Waals surface area contributed by atoms with E-state index in [1.165, 1.54) is 11.0 Å². The Labute approximate surface area is 174 Å². The lowest BCUT2D eigenvalue weighted by Crippen LogP contribution is -2.31. The summed E-state index contributed by atoms with van der Waals surface area (Å²) >= 11 is 0.728. The molecular formula is C17H12F2N8OS2. The number of nitrogens with one attached hydrogen (secondary N) is 2. The fraction of sp³-hybridized carbons (Fsp3) is 0.235. The second-order valence-electron chi connectivity index (χ2n) is 6.71. The Morgan fingerprint density at radius 2 is 2.17 bits per heavy atom. The first-order valence-corrected chi connectivity index (χ1v) is 10.7. The van der Waals surface area contributed by atoms with Gasteiger partial charge in [0, 0.05) is 10.9 Å². The Bertz CT molecular complexity index is 1300. The number of hydrogen-bond donors (Lipinski definition) is 2. The van der Waals surface area contributed by atoms with Crippen molar-refractivity contribution >= 4 is 33.2 Å². The van der Waals surface area contributed by atoms with Crippen LogP contribution in [0.2, 0.25) is 0 Å². The van der Waals surface area contributed by atoms with Crippen molar-refractivity contribution in [1.29, 1.82) is 5.26 Å². The maximum absolute atomic E-state index is 13.0. The molecule has 1 aliphatic rings. The number of halogens is 2. The van der Waals surface area contributed by atoms with Crippen LogP contribution in [0.4, 0.5) is 8.78 Å². The number of imidazole rings is 1. The largest absolute Gasteiger partial charge is 0.345 e. The third kappa shape index (κ3) is 3.18. The predicted octanol–water partition coefficient (Wildman–Crippen LogP) is 2.87. The number of alkyl halides is 2. The molecule has 2 N–H and O–H groups in total. The minimum atomic E-state index is -2.73. The van der Waals surface area contributed by atoms with Crippen LogP contribution in [0.15, 0.2) is 35.7 Å². The third-order valence-electron chi connectivity index (χ3n) is 4.71. The van der Waals surface area contributed by atoms with E-state index >= 15 is 0 Å². The standard InChI is InChI=1S/C17H12F2N8OS2/c18-14(19)15-24-25-16(29-15)27-13-4-9(30(28)26-17(7-20)1-2-17)3-10(11(13)5-23-27)12-6-21-8-22-12/h3-6,8,14,26H,1-2H2,(H,21,22). The van der Waals surface area contributed by atoms with Gasteiger partial charge in [-0.3, -0.25) is 0 Å². The van der Waals surface area contributed by atoms with E-state index in [4.69, 9.17) is 0 Å². The first-order valence-electron chi connectivity index (χ1n) is 8.73. The lowest BCUT2D eigenvalue weighted by Gasteiger charge is -2.11. The van der Waals surface area contributed by atoms with Crippen LogP contribution >= 0.6 is 11.3 Å². The number of aromatic amines is 1. The molecular weight excluding hydrogens is 434 g/mol. The number of rotatable bonds is 6. The lowest BCUT2D eigenvalue weighted by molar-refractivity contribution is 0.150. The Balaban J connectivity index is 1.66. The summed E-state index contributed by atoms with van der Waals surface area (Å²) in [6, 6.07) is 5.52. The molecule has 4 aromatic rings. The van der Waals surface area contributed by atoms with Gasteiger partial charge >= 0.3 is 0 Å². The summed E-state index contributed by atoms with van der Waals surface area (Å²) in [5.74, 6) is 0. The van der Waals surface area contributed by atoms with E-state index in [0.717, 1.165) is 11.3 Å². The van der Waals surface area contributed by atoms with Crippen molar-refractivity contribution in [2.75, 3.05) is 0 Å². The van der Waals surface area contributed by atoms with Gasteiger partial charge in [-0.05, 0) is 25.0 Å². The third-order valence-corrected chi connectivity index (χ3v) is 6.86. The van der Waals surface area contributed by atoms with Crippen LogP contribution in [0.1, 0.15) is 24.3 Å². The number of benzene rings is 1. The molecule has 1 fully saturated rings. The van der Waals surface area contributed by atoms with Gasteiger partial charge in [0.1, 0.15) is 16.5 Å². The van der Waals surface area contributed by atoms with Gasteiger partial charge in [-0.1, -0.05) is 11.3 Å². The molecule has 5 rings (SSSR count). The Morgan fingerprint density at radius 3 is 2.80 bits per heavy atom. The highest BCUT2D eigenvalue weighted by Gasteiger charge is 2.44. The van der Waals surface area contributed by atoms with E-state index in [-0.39, 0.29) is 5.13 Å². The summed E-state index contributed by atoms with van der Waals surface area (Å²) < 4.78 is 43.1. The number of aromatic nitrogens is 6. The van der Waals surface area contributed by atoms with Crippen molar-refractivity contribution in [3.63, 3.8) is 0 Å². The molecule has 152 valence electrons. The summed E-state index contributed by atoms with van der Waals surface area (Å²) in [6.07, 6.45) is 3.23. The molecule has 1 unspecified atom stereocenters. The predicted molar refractivity (Wildman–Crippen MR) is 104 cm³/mol. The van der Waals surface area contributed by atoms with Gasteiger partial charge in [0.2, 0.25) is 5.13 Å². The van der Waals surface area contributed by atoms with E-state index in [9.17, 15) is 18.3 Å². The Kier molecular flexibility index (Phi) is 4.42. The van der Waals surface area contributed by atoms with Crippen LogP contribution in [0.3, 0.4) is 0 Å². The van der Waals surface area contributed by atoms with Crippen LogP contribution in [0.5, 0.6) is 0 Å². The second-order valence-corrected chi connectivity index (χ2v) is 8.91. The first kappa shape index (κ1) is 18.9. The molecule has 30 heavy (non-hydrogen) atoms. The molecule has 13 heteroatoms. The molecule has 3 aromatic heterocycles. The number of nitrogens with zero attached hydrogens (tertiary/aromatic N) is 6. The van der Waals surface area contributed by atoms with E-state index in [0.29, 0.717) is 39.9 Å². The van der Waals surface area contributed by atoms with Gasteiger partial charge in [0.05, 0.1) is 40.9 Å². The van der Waals surface area contributed by atoms with E-state index in [1.54, 1.807) is 24.5 Å². The zero-order valence-electron chi connectivity index (χ0n) is 15.0. The zero-order chi connectivity index (χ0) is 20.9. The van der Waals surface area contributed by atoms with Gasteiger partial charge in [0.15, 0.2) is 5.01 Å². The van der Waals surface area contributed by atoms with Crippen LogP contribution in [0.25, 0.3) is 27.3 Å². The van der Waals surface area contributed by atoms with Crippen LogP contribution < -0.4 is 4.72 Å². The van der Waals surface area contributed by atoms with E-state index in [2.05, 4.69) is 36.1 Å². The van der Waals surface area contributed by atoms with Crippen molar-refractivity contribution in [1.82, 2.24) is 34.7 Å². The van der Waals surface area contributed by atoms with Crippen LogP contribution in [-0.4, -0.2) is 39.7 Å². The summed E-state index contributed by atoms with van der Waals surface area (Å²) in [5.41, 5.74) is 1.10. The average Bonchev–Trinajstić information content (AvgIpc) is 3.20. The smallest absolute Gasteiger partial charge is 0.291 e. The molecule has 1 aliphatic carbocycles. The van der Waals surface area contributed by atoms with Gasteiger partial charge < -0.3 is 4.98 Å². The normalized spacial score (nSPS) is 16.1. The minimum Gasteiger partial charge on any atom is -0.345 e. The molecule has 3 heterocycles. The van der Waals surface area contributed by atoms with Crippen molar-refractivity contribution in [2.24, 2.45) is 0 Å². The average molecular weight is 446 g/mol. The highest BCUT2D eigenvalue weighted by atomic mass is 32.2. The van der Waals surface area contributed by atoms with Gasteiger partial charge in [-0.25, -0.2) is 27.4 Å². The van der Waals surface area contributed by atoms with E-state index < -0.39 is 28.0 Å². The highest BCUT2D eigenvalue weighted by molar-refractivity contribution is 7.83. The van der Waals surface area contributed by atoms with E-state index in [1.807, 2.05) is 0 Å². The Hall–Kier alpha value is -3.08. The summed E-state index contributed by atoms with van der Waals surface area (Å²) in [7, 11) is -1.67. The van der Waals surface area contributed by atoms with Crippen molar-refractivity contribution in [3.8, 4) is 22.5 Å². The summed E-state index contributed by atoms with van der Waals surface area (Å²) in [6.45, 7) is 0. The van der Waals surface area contributed by atoms with Gasteiger partial charge in [0.25, 0.3) is 6.43 Å². The Morgan fingerprint density at radius 1 is 1.33 bits per heavy atom. The lowest BCUT2D eigenvalue weighted by atomic mass is 10.1. The van der Waals surface area contributed by atoms with Crippen LogP contribution in [-0.2, 0) is 11.0 Å². The molecule has 0 saturated heterocycles. The van der Waals surface area contributed by atoms with Crippen molar-refractivity contribution in [2.45, 2.75) is 29.7 Å². The maximum Gasteiger partial charge on any atom is 0.291 e. The SMILES string of the molecule is N#CC1(NS(=O)c2cc(-c3cnc[nH]3)c3cnn(-c4nnc(C(F)F)s4)c3c2)CC1. The molecule has 0 bridgehead atoms. The summed E-state index contributed by atoms with van der Waals surface area (Å²) in [4.78, 5) is 7.45. The summed E-state index contributed by atoms with van der Waals surface area (Å²) in [5, 5.41) is 21.3. The number of hydrogen-bond acceptors (Lipinski definition) is 7. The molecule has 0 amide bonds. The molecule has 1 saturated carbocycles. The topological polar surface area (TPSA) is 125 Å². The molecule has 1 atom stereocenters. The maximum atomic E-state index is 13.0. The number of nitriles is 1. The second kappa shape index (κ2) is 7.01. The molecule has 0 spiro atoms. The minimum absolute atomic E-state index is 0.169. The molecule has 1 aromatic carbocycles. The van der Waals surface area contributed by atoms with Gasteiger partial charge in [-0.2, -0.15) is 10.4 Å². The van der Waals surface area contributed by atoms with Crippen LogP contribution in [0, 0.1) is 11.3 Å². The van der Waals surface area contributed by atoms with Gasteiger partial charge in [-0.15, -0.1) is 10.2 Å². The fourth-order valence-corrected chi connectivity index (χ4v) is 4.82. The quantitative estimate of drug-likeness (QED) is 0.469. The fourth-order valence-electron chi connectivity index (χ4n) is 2.98. The van der Waals surface area contributed by atoms with Crippen molar-refractivity contribution in [3.05, 3.63) is 35.9 Å². The number of fused-ring (bicyclic) bond motifs is 1. The zero-order valence-corrected chi connectivity index (χ0v) is 16.7. The van der Waals surface area contributed by atoms with Crippen molar-refractivity contribution < 1.29 is 13.0 Å².